The summed E-state index contributed by atoms with van der Waals surface area (Å²) in [6, 6.07) is 0. The van der Waals surface area contributed by atoms with E-state index in [0.717, 1.165) is 43.7 Å². The predicted octanol–water partition coefficient (Wildman–Crippen LogP) is 6.39. The molecule has 0 unspecified atom stereocenters. The minimum atomic E-state index is -0.0694. The first-order chi connectivity index (χ1) is 15.6. The summed E-state index contributed by atoms with van der Waals surface area (Å²) in [5.41, 5.74) is 0.00988. The van der Waals surface area contributed by atoms with Crippen molar-refractivity contribution in [2.24, 2.45) is 10.8 Å². The van der Waals surface area contributed by atoms with Crippen LogP contribution in [0.5, 0.6) is 0 Å². The van der Waals surface area contributed by atoms with Gasteiger partial charge in [0, 0.05) is 12.0 Å². The Labute approximate surface area is 198 Å². The zero-order chi connectivity index (χ0) is 22.9. The molecular weight excluding hydrogens is 396 g/mol. The normalized spacial score (nSPS) is 23.2. The molecule has 2 heterocycles. The number of nitrogens with zero attached hydrogens (tertiary/aromatic N) is 2. The zero-order valence-electron chi connectivity index (χ0n) is 21.6. The maximum absolute atomic E-state index is 6.06. The van der Waals surface area contributed by atoms with E-state index in [-0.39, 0.29) is 10.8 Å². The van der Waals surface area contributed by atoms with E-state index in [4.69, 9.17) is 9.47 Å². The molecule has 0 atom stereocenters. The third-order valence-corrected chi connectivity index (χ3v) is 8.13. The minimum Gasteiger partial charge on any atom is -0.500 e. The van der Waals surface area contributed by atoms with Crippen LogP contribution < -0.4 is 0 Å². The molecule has 0 aromatic rings. The van der Waals surface area contributed by atoms with Gasteiger partial charge < -0.3 is 19.3 Å². The van der Waals surface area contributed by atoms with Gasteiger partial charge in [-0.2, -0.15) is 0 Å². The summed E-state index contributed by atoms with van der Waals surface area (Å²) in [6.45, 7) is 12.0. The largest absolute Gasteiger partial charge is 0.500 e. The number of ether oxygens (including phenoxy) is 2. The molecule has 0 N–H and O–H groups in total. The first-order valence-corrected chi connectivity index (χ1v) is 13.6. The van der Waals surface area contributed by atoms with Crippen molar-refractivity contribution in [3.8, 4) is 0 Å². The van der Waals surface area contributed by atoms with E-state index < -0.39 is 0 Å². The van der Waals surface area contributed by atoms with Crippen molar-refractivity contribution in [2.45, 2.75) is 90.9 Å². The summed E-state index contributed by atoms with van der Waals surface area (Å²) in [6.07, 6.45) is 20.3. The summed E-state index contributed by atoms with van der Waals surface area (Å²) in [7, 11) is 3.71. The Kier molecular flexibility index (Phi) is 9.98. The zero-order valence-corrected chi connectivity index (χ0v) is 21.6. The third kappa shape index (κ3) is 6.11. The second-order valence-electron chi connectivity index (χ2n) is 10.6. The van der Waals surface area contributed by atoms with Gasteiger partial charge in [0.25, 0.3) is 0 Å². The van der Waals surface area contributed by atoms with Crippen molar-refractivity contribution in [1.82, 2.24) is 9.80 Å². The molecule has 0 amide bonds. The number of unbranched alkanes of at least 4 members (excludes halogenated alkanes) is 3. The molecule has 184 valence electrons. The maximum atomic E-state index is 6.06. The average molecular weight is 447 g/mol. The Morgan fingerprint density at radius 2 is 1.31 bits per heavy atom. The highest BCUT2D eigenvalue weighted by molar-refractivity contribution is 5.35. The molecule has 0 aromatic carbocycles. The highest BCUT2D eigenvalue weighted by Crippen LogP contribution is 2.53. The van der Waals surface area contributed by atoms with E-state index >= 15 is 0 Å². The fourth-order valence-electron chi connectivity index (χ4n) is 6.52. The minimum absolute atomic E-state index is 0.0694. The molecule has 0 saturated carbocycles. The molecule has 3 rings (SSSR count). The van der Waals surface area contributed by atoms with Crippen LogP contribution in [0.25, 0.3) is 0 Å². The van der Waals surface area contributed by atoms with E-state index in [1.807, 2.05) is 14.2 Å². The first-order valence-electron chi connectivity index (χ1n) is 13.6. The van der Waals surface area contributed by atoms with Gasteiger partial charge in [0.1, 0.15) is 11.5 Å². The highest BCUT2D eigenvalue weighted by Gasteiger charge is 2.48. The Bertz CT molecular complexity index is 591. The Morgan fingerprint density at radius 3 is 1.84 bits per heavy atom. The van der Waals surface area contributed by atoms with Gasteiger partial charge in [0.15, 0.2) is 0 Å². The summed E-state index contributed by atoms with van der Waals surface area (Å²) in [5, 5.41) is 0. The molecule has 0 radical (unpaired) electrons. The predicted molar refractivity (Wildman–Crippen MR) is 135 cm³/mol. The van der Waals surface area contributed by atoms with E-state index in [0.29, 0.717) is 0 Å². The Morgan fingerprint density at radius 1 is 0.750 bits per heavy atom. The molecular formula is C28H50N2O2. The standard InChI is InChI=1S/C28H50N2O2/c1-5-14-28(15-6-2)25(31-3)22-27(23-26(28)32-4)16-21-30(24-27)20-11-8-7-10-17-29-18-12-9-13-19-29/h22-23H,5-21,24H2,1-4H3. The van der Waals surface area contributed by atoms with Gasteiger partial charge in [-0.1, -0.05) is 46.0 Å². The van der Waals surface area contributed by atoms with Crippen molar-refractivity contribution < 1.29 is 9.47 Å². The molecule has 0 bridgehead atoms. The van der Waals surface area contributed by atoms with Gasteiger partial charge in [-0.05, 0) is 89.8 Å². The van der Waals surface area contributed by atoms with Gasteiger partial charge >= 0.3 is 0 Å². The lowest BCUT2D eigenvalue weighted by molar-refractivity contribution is 0.0936. The van der Waals surface area contributed by atoms with E-state index in [1.54, 1.807) is 0 Å². The fourth-order valence-corrected chi connectivity index (χ4v) is 6.52. The van der Waals surface area contributed by atoms with Crippen LogP contribution in [-0.2, 0) is 9.47 Å². The topological polar surface area (TPSA) is 24.9 Å². The number of methoxy groups -OCH3 is 2. The molecule has 4 nitrogen and oxygen atoms in total. The molecule has 1 spiro atoms. The smallest absolute Gasteiger partial charge is 0.106 e. The number of piperidine rings is 1. The summed E-state index contributed by atoms with van der Waals surface area (Å²) < 4.78 is 12.1. The van der Waals surface area contributed by atoms with Crippen LogP contribution in [0.15, 0.2) is 23.7 Å². The van der Waals surface area contributed by atoms with Crippen molar-refractivity contribution in [3.63, 3.8) is 0 Å². The molecule has 32 heavy (non-hydrogen) atoms. The summed E-state index contributed by atoms with van der Waals surface area (Å²) in [4.78, 5) is 5.35. The molecule has 3 aliphatic rings. The maximum Gasteiger partial charge on any atom is 0.106 e. The summed E-state index contributed by atoms with van der Waals surface area (Å²) >= 11 is 0. The highest BCUT2D eigenvalue weighted by atomic mass is 16.5. The monoisotopic (exact) mass is 446 g/mol. The van der Waals surface area contributed by atoms with Crippen molar-refractivity contribution in [1.29, 1.82) is 0 Å². The van der Waals surface area contributed by atoms with Crippen LogP contribution in [-0.4, -0.2) is 63.3 Å². The van der Waals surface area contributed by atoms with Crippen LogP contribution in [0.1, 0.15) is 90.9 Å². The lowest BCUT2D eigenvalue weighted by Gasteiger charge is -2.42. The number of rotatable bonds is 13. The lowest BCUT2D eigenvalue weighted by Crippen LogP contribution is -2.36. The van der Waals surface area contributed by atoms with Crippen LogP contribution in [0.2, 0.25) is 0 Å². The SMILES string of the molecule is CCCC1(CCC)C(OC)=CC2(C=C1OC)CCN(CCCCCCN1CCCCC1)C2. The number of likely N-dealkylation sites (tertiary alicyclic amines) is 2. The second kappa shape index (κ2) is 12.5. The van der Waals surface area contributed by atoms with Crippen molar-refractivity contribution in [3.05, 3.63) is 23.7 Å². The van der Waals surface area contributed by atoms with Gasteiger partial charge in [-0.25, -0.2) is 0 Å². The molecule has 2 fully saturated rings. The average Bonchev–Trinajstić information content (AvgIpc) is 3.20. The summed E-state index contributed by atoms with van der Waals surface area (Å²) in [5.74, 6) is 2.31. The van der Waals surface area contributed by atoms with E-state index in [1.165, 1.54) is 84.1 Å². The van der Waals surface area contributed by atoms with Crippen LogP contribution in [0, 0.1) is 10.8 Å². The first kappa shape index (κ1) is 25.6. The molecule has 1 aliphatic carbocycles. The van der Waals surface area contributed by atoms with E-state index in [9.17, 15) is 0 Å². The van der Waals surface area contributed by atoms with E-state index in [2.05, 4.69) is 35.8 Å². The van der Waals surface area contributed by atoms with Crippen molar-refractivity contribution in [2.75, 3.05) is 53.5 Å². The molecule has 2 saturated heterocycles. The van der Waals surface area contributed by atoms with Gasteiger partial charge in [-0.15, -0.1) is 0 Å². The van der Waals surface area contributed by atoms with Crippen LogP contribution in [0.3, 0.4) is 0 Å². The van der Waals surface area contributed by atoms with Crippen LogP contribution in [0.4, 0.5) is 0 Å². The van der Waals surface area contributed by atoms with Gasteiger partial charge in [-0.3, -0.25) is 0 Å². The van der Waals surface area contributed by atoms with Crippen molar-refractivity contribution >= 4 is 0 Å². The Hall–Kier alpha value is -1.00. The molecule has 2 aliphatic heterocycles. The Balaban J connectivity index is 1.50. The van der Waals surface area contributed by atoms with Crippen LogP contribution >= 0.6 is 0 Å². The van der Waals surface area contributed by atoms with Gasteiger partial charge in [0.2, 0.25) is 0 Å². The second-order valence-corrected chi connectivity index (χ2v) is 10.6. The number of hydrogen-bond acceptors (Lipinski definition) is 4. The quantitative estimate of drug-likeness (QED) is 0.306. The number of hydrogen-bond donors (Lipinski definition) is 0. The lowest BCUT2D eigenvalue weighted by atomic mass is 9.67. The molecule has 0 aromatic heterocycles. The fraction of sp³-hybridized carbons (Fsp3) is 0.857. The third-order valence-electron chi connectivity index (χ3n) is 8.13. The molecule has 4 heteroatoms. The van der Waals surface area contributed by atoms with Gasteiger partial charge in [0.05, 0.1) is 19.6 Å².